The predicted octanol–water partition coefficient (Wildman–Crippen LogP) is 2.74. The number of aromatic carboxylic acids is 1. The molecule has 2 aromatic rings. The van der Waals surface area contributed by atoms with E-state index in [1.807, 2.05) is 30.5 Å². The number of carboxylic acids is 1. The minimum absolute atomic E-state index is 0.0360. The lowest BCUT2D eigenvalue weighted by Gasteiger charge is -2.29. The van der Waals surface area contributed by atoms with E-state index in [-0.39, 0.29) is 11.6 Å². The first kappa shape index (κ1) is 16.1. The molecular weight excluding hydrogens is 310 g/mol. The van der Waals surface area contributed by atoms with Crippen molar-refractivity contribution in [2.75, 3.05) is 13.7 Å². The van der Waals surface area contributed by atoms with Gasteiger partial charge in [0.05, 0.1) is 19.4 Å². The molecule has 1 aromatic carbocycles. The molecule has 0 spiro atoms. The van der Waals surface area contributed by atoms with Gasteiger partial charge in [0.2, 0.25) is 0 Å². The van der Waals surface area contributed by atoms with E-state index < -0.39 is 11.4 Å². The van der Waals surface area contributed by atoms with Crippen LogP contribution in [0.4, 0.5) is 0 Å². The topological polar surface area (TPSA) is 77.8 Å². The highest BCUT2D eigenvalue weighted by molar-refractivity contribution is 5.87. The number of pyridine rings is 1. The van der Waals surface area contributed by atoms with Crippen molar-refractivity contribution in [1.29, 1.82) is 0 Å². The van der Waals surface area contributed by atoms with Crippen LogP contribution >= 0.6 is 0 Å². The number of nitrogens with zero attached hydrogens (tertiary/aromatic N) is 1. The number of fused-ring (bicyclic) bond motifs is 3. The molecule has 0 amide bonds. The number of carbonyl (C=O) groups is 1. The molecule has 1 unspecified atom stereocenters. The van der Waals surface area contributed by atoms with E-state index >= 15 is 0 Å². The van der Waals surface area contributed by atoms with Gasteiger partial charge < -0.3 is 19.1 Å². The largest absolute Gasteiger partial charge is 0.493 e. The van der Waals surface area contributed by atoms with Gasteiger partial charge in [-0.1, -0.05) is 0 Å². The minimum Gasteiger partial charge on any atom is -0.493 e. The summed E-state index contributed by atoms with van der Waals surface area (Å²) in [5.41, 5.74) is 1.90. The Hall–Kier alpha value is -2.76. The van der Waals surface area contributed by atoms with Gasteiger partial charge in [0, 0.05) is 23.9 Å². The van der Waals surface area contributed by atoms with Crippen LogP contribution in [0.3, 0.4) is 0 Å². The van der Waals surface area contributed by atoms with Crippen LogP contribution < -0.4 is 14.9 Å². The summed E-state index contributed by atoms with van der Waals surface area (Å²) in [6.07, 6.45) is 2.14. The molecule has 1 aromatic heterocycles. The van der Waals surface area contributed by atoms with Crippen molar-refractivity contribution in [3.05, 3.63) is 45.7 Å². The van der Waals surface area contributed by atoms with Crippen molar-refractivity contribution in [3.63, 3.8) is 0 Å². The Labute approximate surface area is 139 Å². The second kappa shape index (κ2) is 6.03. The molecule has 0 bridgehead atoms. The molecule has 1 aliphatic rings. The van der Waals surface area contributed by atoms with Gasteiger partial charge in [-0.15, -0.1) is 0 Å². The molecular formula is C18H19NO5. The lowest BCUT2D eigenvalue weighted by Crippen LogP contribution is -2.24. The monoisotopic (exact) mass is 329 g/mol. The number of ether oxygens (including phenoxy) is 2. The maximum atomic E-state index is 12.1. The lowest BCUT2D eigenvalue weighted by molar-refractivity contribution is 0.0694. The van der Waals surface area contributed by atoms with Crippen LogP contribution in [-0.2, 0) is 6.42 Å². The van der Waals surface area contributed by atoms with Gasteiger partial charge in [-0.3, -0.25) is 4.79 Å². The van der Waals surface area contributed by atoms with E-state index in [2.05, 4.69) is 0 Å². The molecule has 0 fully saturated rings. The summed E-state index contributed by atoms with van der Waals surface area (Å²) in [7, 11) is 1.59. The quantitative estimate of drug-likeness (QED) is 0.933. The second-order valence-electron chi connectivity index (χ2n) is 5.80. The van der Waals surface area contributed by atoms with Crippen LogP contribution in [-0.4, -0.2) is 29.4 Å². The molecule has 0 saturated carbocycles. The Balaban J connectivity index is 2.25. The molecule has 2 heterocycles. The van der Waals surface area contributed by atoms with E-state index in [1.165, 1.54) is 12.3 Å². The summed E-state index contributed by atoms with van der Waals surface area (Å²) in [5.74, 6) is 0.0494. The molecule has 24 heavy (non-hydrogen) atoms. The number of aromatic nitrogens is 1. The fourth-order valence-corrected chi connectivity index (χ4v) is 3.14. The molecule has 126 valence electrons. The standard InChI is InChI=1S/C18H19NO5/c1-4-24-17-7-12-11(6-16(17)23-3)5-10(2)19-9-13(18(21)22)15(20)8-14(12)19/h6-10H,4-5H2,1-3H3,(H,21,22). The van der Waals surface area contributed by atoms with Crippen LogP contribution in [0.1, 0.15) is 35.8 Å². The first-order valence-electron chi connectivity index (χ1n) is 7.79. The van der Waals surface area contributed by atoms with E-state index in [1.54, 1.807) is 7.11 Å². The van der Waals surface area contributed by atoms with Crippen molar-refractivity contribution < 1.29 is 19.4 Å². The highest BCUT2D eigenvalue weighted by atomic mass is 16.5. The van der Waals surface area contributed by atoms with Gasteiger partial charge in [-0.05, 0) is 38.0 Å². The lowest BCUT2D eigenvalue weighted by atomic mass is 9.92. The molecule has 0 radical (unpaired) electrons. The summed E-state index contributed by atoms with van der Waals surface area (Å²) in [4.78, 5) is 23.4. The zero-order valence-electron chi connectivity index (χ0n) is 13.8. The predicted molar refractivity (Wildman–Crippen MR) is 89.2 cm³/mol. The van der Waals surface area contributed by atoms with Crippen LogP contribution in [0.2, 0.25) is 0 Å². The molecule has 1 N–H and O–H groups in total. The molecule has 1 atom stereocenters. The molecule has 0 aliphatic carbocycles. The summed E-state index contributed by atoms with van der Waals surface area (Å²) < 4.78 is 12.9. The van der Waals surface area contributed by atoms with Gasteiger partial charge in [0.25, 0.3) is 0 Å². The van der Waals surface area contributed by atoms with Crippen LogP contribution in [0.15, 0.2) is 29.2 Å². The second-order valence-corrected chi connectivity index (χ2v) is 5.80. The maximum Gasteiger partial charge on any atom is 0.341 e. The number of rotatable bonds is 4. The third-order valence-corrected chi connectivity index (χ3v) is 4.27. The van der Waals surface area contributed by atoms with E-state index in [0.29, 0.717) is 30.2 Å². The van der Waals surface area contributed by atoms with Crippen molar-refractivity contribution in [3.8, 4) is 22.8 Å². The average molecular weight is 329 g/mol. The van der Waals surface area contributed by atoms with Crippen LogP contribution in [0.5, 0.6) is 11.5 Å². The van der Waals surface area contributed by atoms with Gasteiger partial charge >= 0.3 is 5.97 Å². The zero-order valence-corrected chi connectivity index (χ0v) is 13.8. The molecule has 1 aliphatic heterocycles. The molecule has 0 saturated heterocycles. The highest BCUT2D eigenvalue weighted by Crippen LogP contribution is 2.40. The number of benzene rings is 1. The van der Waals surface area contributed by atoms with Crippen LogP contribution in [0.25, 0.3) is 11.3 Å². The molecule has 6 nitrogen and oxygen atoms in total. The third kappa shape index (κ3) is 2.54. The van der Waals surface area contributed by atoms with Gasteiger partial charge in [0.15, 0.2) is 16.9 Å². The summed E-state index contributed by atoms with van der Waals surface area (Å²) in [6.45, 7) is 4.38. The first-order chi connectivity index (χ1) is 11.5. The highest BCUT2D eigenvalue weighted by Gasteiger charge is 2.25. The van der Waals surface area contributed by atoms with E-state index in [4.69, 9.17) is 9.47 Å². The van der Waals surface area contributed by atoms with E-state index in [9.17, 15) is 14.7 Å². The van der Waals surface area contributed by atoms with Crippen molar-refractivity contribution >= 4 is 5.97 Å². The smallest absolute Gasteiger partial charge is 0.341 e. The van der Waals surface area contributed by atoms with Gasteiger partial charge in [0.1, 0.15) is 5.56 Å². The van der Waals surface area contributed by atoms with Crippen LogP contribution in [0, 0.1) is 0 Å². The SMILES string of the molecule is CCOc1cc2c(cc1OC)CC(C)n1cc(C(=O)O)c(=O)cc1-2. The van der Waals surface area contributed by atoms with Gasteiger partial charge in [-0.2, -0.15) is 0 Å². The first-order valence-corrected chi connectivity index (χ1v) is 7.79. The maximum absolute atomic E-state index is 12.1. The fraction of sp³-hybridized carbons (Fsp3) is 0.333. The van der Waals surface area contributed by atoms with Crippen molar-refractivity contribution in [2.24, 2.45) is 0 Å². The molecule has 6 heteroatoms. The zero-order chi connectivity index (χ0) is 17.4. The Morgan fingerprint density at radius 1 is 1.33 bits per heavy atom. The Kier molecular flexibility index (Phi) is 4.05. The minimum atomic E-state index is -1.21. The normalized spacial score (nSPS) is 15.4. The Morgan fingerprint density at radius 2 is 2.08 bits per heavy atom. The van der Waals surface area contributed by atoms with Crippen molar-refractivity contribution in [1.82, 2.24) is 4.57 Å². The number of hydrogen-bond donors (Lipinski definition) is 1. The summed E-state index contributed by atoms with van der Waals surface area (Å²) >= 11 is 0. The average Bonchev–Trinajstić information content (AvgIpc) is 2.54. The number of carboxylic acid groups (broad SMARTS) is 1. The van der Waals surface area contributed by atoms with Gasteiger partial charge in [-0.25, -0.2) is 4.79 Å². The molecule has 3 rings (SSSR count). The Morgan fingerprint density at radius 3 is 2.71 bits per heavy atom. The van der Waals surface area contributed by atoms with E-state index in [0.717, 1.165) is 11.1 Å². The fourth-order valence-electron chi connectivity index (χ4n) is 3.14. The summed E-state index contributed by atoms with van der Waals surface area (Å²) in [6, 6.07) is 5.21. The summed E-state index contributed by atoms with van der Waals surface area (Å²) in [5, 5.41) is 9.18. The Bertz CT molecular complexity index is 868. The van der Waals surface area contributed by atoms with Crippen molar-refractivity contribution in [2.45, 2.75) is 26.3 Å². The number of methoxy groups -OCH3 is 1. The third-order valence-electron chi connectivity index (χ3n) is 4.27. The number of hydrogen-bond acceptors (Lipinski definition) is 4.